The van der Waals surface area contributed by atoms with Crippen molar-refractivity contribution in [1.29, 1.82) is 0 Å². The molecule has 0 aromatic rings. The van der Waals surface area contributed by atoms with Gasteiger partial charge in [-0.05, 0) is 0 Å². The van der Waals surface area contributed by atoms with Crippen molar-refractivity contribution >= 4 is 5.91 Å². The van der Waals surface area contributed by atoms with Gasteiger partial charge in [-0.2, -0.15) is 0 Å². The van der Waals surface area contributed by atoms with E-state index in [0.29, 0.717) is 6.54 Å². The van der Waals surface area contributed by atoms with Gasteiger partial charge in [0.25, 0.3) is 0 Å². The van der Waals surface area contributed by atoms with E-state index >= 15 is 0 Å². The third-order valence-corrected chi connectivity index (χ3v) is 3.08. The van der Waals surface area contributed by atoms with Gasteiger partial charge in [0, 0.05) is 52.4 Å². The maximum atomic E-state index is 11.7. The highest BCUT2D eigenvalue weighted by Crippen LogP contribution is 2.01. The number of fused-ring (bicyclic) bond motifs is 9. The van der Waals surface area contributed by atoms with Crippen LogP contribution in [0.5, 0.6) is 0 Å². The van der Waals surface area contributed by atoms with Crippen LogP contribution < -0.4 is 10.6 Å². The third-order valence-electron chi connectivity index (χ3n) is 3.08. The Morgan fingerprint density at radius 2 is 1.60 bits per heavy atom. The normalized spacial score (nSPS) is 26.1. The number of amides is 1. The molecule has 3 aliphatic rings. The van der Waals surface area contributed by atoms with Gasteiger partial charge >= 0.3 is 0 Å². The molecular formula is C10H20N4O. The number of nitrogens with one attached hydrogen (secondary N) is 2. The largest absolute Gasteiger partial charge is 0.339 e. The zero-order valence-electron chi connectivity index (χ0n) is 9.17. The van der Waals surface area contributed by atoms with Gasteiger partial charge in [0.15, 0.2) is 0 Å². The SMILES string of the molecule is O=C1CNCCNCCN2CCN1CC2. The number of carbonyl (C=O) groups excluding carboxylic acids is 1. The average molecular weight is 212 g/mol. The number of hydrogen-bond donors (Lipinski definition) is 2. The highest BCUT2D eigenvalue weighted by Gasteiger charge is 2.20. The molecule has 1 amide bonds. The van der Waals surface area contributed by atoms with Crippen LogP contribution in [0.2, 0.25) is 0 Å². The van der Waals surface area contributed by atoms with Gasteiger partial charge in [0.1, 0.15) is 0 Å². The highest BCUT2D eigenvalue weighted by molar-refractivity contribution is 5.78. The zero-order valence-corrected chi connectivity index (χ0v) is 9.17. The van der Waals surface area contributed by atoms with Crippen LogP contribution in [0.1, 0.15) is 0 Å². The lowest BCUT2D eigenvalue weighted by Gasteiger charge is -2.35. The van der Waals surface area contributed by atoms with Crippen LogP contribution in [0, 0.1) is 0 Å². The molecular weight excluding hydrogens is 192 g/mol. The van der Waals surface area contributed by atoms with Gasteiger partial charge in [0.05, 0.1) is 6.54 Å². The maximum Gasteiger partial charge on any atom is 0.236 e. The molecule has 3 fully saturated rings. The molecule has 86 valence electrons. The molecule has 2 bridgehead atoms. The monoisotopic (exact) mass is 212 g/mol. The molecule has 0 radical (unpaired) electrons. The number of hydrogen-bond acceptors (Lipinski definition) is 4. The van der Waals surface area contributed by atoms with E-state index in [-0.39, 0.29) is 5.91 Å². The fraction of sp³-hybridized carbons (Fsp3) is 0.900. The molecule has 5 nitrogen and oxygen atoms in total. The quantitative estimate of drug-likeness (QED) is 0.504. The molecule has 3 saturated heterocycles. The van der Waals surface area contributed by atoms with E-state index in [1.165, 1.54) is 0 Å². The molecule has 0 aromatic heterocycles. The highest BCUT2D eigenvalue weighted by atomic mass is 16.2. The summed E-state index contributed by atoms with van der Waals surface area (Å²) in [6.45, 7) is 8.28. The molecule has 0 saturated carbocycles. The topological polar surface area (TPSA) is 47.6 Å². The van der Waals surface area contributed by atoms with Crippen molar-refractivity contribution in [2.75, 3.05) is 58.9 Å². The van der Waals surface area contributed by atoms with Crippen LogP contribution in [-0.4, -0.2) is 74.6 Å². The lowest BCUT2D eigenvalue weighted by molar-refractivity contribution is -0.132. The Kier molecular flexibility index (Phi) is 3.94. The molecule has 2 N–H and O–H groups in total. The molecule has 0 unspecified atom stereocenters. The first-order chi connectivity index (χ1) is 7.36. The van der Waals surface area contributed by atoms with Gasteiger partial charge in [0.2, 0.25) is 5.91 Å². The zero-order chi connectivity index (χ0) is 10.5. The van der Waals surface area contributed by atoms with Crippen molar-refractivity contribution in [3.63, 3.8) is 0 Å². The minimum absolute atomic E-state index is 0.246. The summed E-state index contributed by atoms with van der Waals surface area (Å²) in [4.78, 5) is 16.1. The molecule has 0 atom stereocenters. The predicted molar refractivity (Wildman–Crippen MR) is 58.8 cm³/mol. The van der Waals surface area contributed by atoms with Gasteiger partial charge in [-0.25, -0.2) is 0 Å². The van der Waals surface area contributed by atoms with E-state index in [2.05, 4.69) is 15.5 Å². The Morgan fingerprint density at radius 1 is 0.867 bits per heavy atom. The van der Waals surface area contributed by atoms with E-state index in [0.717, 1.165) is 52.4 Å². The summed E-state index contributed by atoms with van der Waals surface area (Å²) in [6, 6.07) is 0. The second kappa shape index (κ2) is 5.44. The smallest absolute Gasteiger partial charge is 0.236 e. The predicted octanol–water partition coefficient (Wildman–Crippen LogP) is -1.68. The van der Waals surface area contributed by atoms with Crippen LogP contribution in [0.15, 0.2) is 0 Å². The van der Waals surface area contributed by atoms with Crippen LogP contribution in [-0.2, 0) is 4.79 Å². The molecule has 0 aromatic carbocycles. The lowest BCUT2D eigenvalue weighted by Crippen LogP contribution is -2.53. The van der Waals surface area contributed by atoms with E-state index < -0.39 is 0 Å². The van der Waals surface area contributed by atoms with Crippen LogP contribution in [0.25, 0.3) is 0 Å². The van der Waals surface area contributed by atoms with Gasteiger partial charge in [-0.3, -0.25) is 9.69 Å². The van der Waals surface area contributed by atoms with Gasteiger partial charge < -0.3 is 15.5 Å². The summed E-state index contributed by atoms with van der Waals surface area (Å²) in [5.74, 6) is 0.246. The fourth-order valence-corrected chi connectivity index (χ4v) is 2.07. The first-order valence-electron chi connectivity index (χ1n) is 5.78. The second-order valence-electron chi connectivity index (χ2n) is 4.15. The first kappa shape index (κ1) is 10.9. The standard InChI is InChI=1S/C10H20N4O/c15-10-9-12-2-1-11-3-4-13-5-7-14(10)8-6-13/h11-12H,1-9H2. The van der Waals surface area contributed by atoms with Crippen molar-refractivity contribution in [2.45, 2.75) is 0 Å². The van der Waals surface area contributed by atoms with Crippen LogP contribution >= 0.6 is 0 Å². The van der Waals surface area contributed by atoms with Crippen LogP contribution in [0.4, 0.5) is 0 Å². The summed E-state index contributed by atoms with van der Waals surface area (Å²) in [5.41, 5.74) is 0. The van der Waals surface area contributed by atoms with Crippen molar-refractivity contribution in [3.05, 3.63) is 0 Å². The minimum Gasteiger partial charge on any atom is -0.339 e. The summed E-state index contributed by atoms with van der Waals surface area (Å²) >= 11 is 0. The number of piperazine rings is 1. The number of rotatable bonds is 0. The lowest BCUT2D eigenvalue weighted by atomic mass is 10.3. The van der Waals surface area contributed by atoms with E-state index in [4.69, 9.17) is 0 Å². The molecule has 15 heavy (non-hydrogen) atoms. The van der Waals surface area contributed by atoms with Crippen molar-refractivity contribution in [1.82, 2.24) is 20.4 Å². The van der Waals surface area contributed by atoms with E-state index in [1.807, 2.05) is 4.90 Å². The second-order valence-corrected chi connectivity index (χ2v) is 4.15. The summed E-state index contributed by atoms with van der Waals surface area (Å²) in [7, 11) is 0. The summed E-state index contributed by atoms with van der Waals surface area (Å²) in [6.07, 6.45) is 0. The van der Waals surface area contributed by atoms with Crippen LogP contribution in [0.3, 0.4) is 0 Å². The minimum atomic E-state index is 0.246. The van der Waals surface area contributed by atoms with Gasteiger partial charge in [-0.15, -0.1) is 0 Å². The summed E-state index contributed by atoms with van der Waals surface area (Å²) in [5, 5.41) is 6.54. The number of carbonyl (C=O) groups is 1. The molecule has 3 aliphatic heterocycles. The first-order valence-corrected chi connectivity index (χ1v) is 5.78. The molecule has 3 rings (SSSR count). The Hall–Kier alpha value is -0.650. The van der Waals surface area contributed by atoms with E-state index in [1.54, 1.807) is 0 Å². The average Bonchev–Trinajstić information content (AvgIpc) is 2.26. The third kappa shape index (κ3) is 3.15. The van der Waals surface area contributed by atoms with Crippen molar-refractivity contribution in [3.8, 4) is 0 Å². The Labute approximate surface area is 90.8 Å². The van der Waals surface area contributed by atoms with Crippen molar-refractivity contribution in [2.24, 2.45) is 0 Å². The Bertz CT molecular complexity index is 213. The molecule has 5 heteroatoms. The Balaban J connectivity index is 1.88. The number of nitrogens with zero attached hydrogens (tertiary/aromatic N) is 2. The maximum absolute atomic E-state index is 11.7. The molecule has 3 heterocycles. The van der Waals surface area contributed by atoms with E-state index in [9.17, 15) is 4.79 Å². The van der Waals surface area contributed by atoms with Gasteiger partial charge in [-0.1, -0.05) is 0 Å². The summed E-state index contributed by atoms with van der Waals surface area (Å²) < 4.78 is 0. The fourth-order valence-electron chi connectivity index (χ4n) is 2.07. The van der Waals surface area contributed by atoms with Crippen molar-refractivity contribution < 1.29 is 4.79 Å². The molecule has 0 spiro atoms. The molecule has 0 aliphatic carbocycles. The Morgan fingerprint density at radius 3 is 2.40 bits per heavy atom.